The van der Waals surface area contributed by atoms with Crippen LogP contribution in [0.2, 0.25) is 0 Å². The lowest BCUT2D eigenvalue weighted by molar-refractivity contribution is -0.117. The zero-order valence-corrected chi connectivity index (χ0v) is 16.8. The fraction of sp³-hybridized carbons (Fsp3) is 0.333. The van der Waals surface area contributed by atoms with Crippen LogP contribution in [0.15, 0.2) is 48.5 Å². The maximum atomic E-state index is 12.5. The Bertz CT molecular complexity index is 876. The van der Waals surface area contributed by atoms with Crippen LogP contribution in [-0.4, -0.2) is 36.0 Å². The average molecular weight is 384 g/mol. The number of rotatable bonds is 8. The minimum atomic E-state index is -0.0713. The number of hydrogen-bond donors (Lipinski definition) is 1. The van der Waals surface area contributed by atoms with Crippen LogP contribution in [0.5, 0.6) is 5.75 Å². The third-order valence-corrected chi connectivity index (χ3v) is 5.55. The molecule has 6 heteroatoms. The van der Waals surface area contributed by atoms with Gasteiger partial charge in [0.25, 0.3) is 0 Å². The second-order valence-corrected chi connectivity index (χ2v) is 7.57. The number of para-hydroxylation sites is 3. The van der Waals surface area contributed by atoms with Crippen LogP contribution >= 0.6 is 11.3 Å². The molecule has 0 radical (unpaired) electrons. The molecule has 0 saturated heterocycles. The van der Waals surface area contributed by atoms with Crippen LogP contribution in [0.1, 0.15) is 31.3 Å². The van der Waals surface area contributed by atoms with Gasteiger partial charge in [0.15, 0.2) is 0 Å². The zero-order chi connectivity index (χ0) is 19.2. The topological polar surface area (TPSA) is 54.5 Å². The number of thiazole rings is 1. The summed E-state index contributed by atoms with van der Waals surface area (Å²) in [5.74, 6) is 0.632. The van der Waals surface area contributed by atoms with Gasteiger partial charge in [0.05, 0.1) is 35.1 Å². The van der Waals surface area contributed by atoms with Gasteiger partial charge in [-0.1, -0.05) is 31.2 Å². The first-order valence-electron chi connectivity index (χ1n) is 9.16. The molecule has 142 valence electrons. The maximum absolute atomic E-state index is 12.5. The van der Waals surface area contributed by atoms with E-state index < -0.39 is 0 Å². The largest absolute Gasteiger partial charge is 0.491 e. The zero-order valence-electron chi connectivity index (χ0n) is 15.9. The van der Waals surface area contributed by atoms with Crippen molar-refractivity contribution >= 4 is 33.1 Å². The Labute approximate surface area is 164 Å². The molecule has 1 amide bonds. The SMILES string of the molecule is CCCOc1ccccc1NC(=O)CN(C)C(C)c1nc2ccccc2s1. The normalized spacial score (nSPS) is 12.3. The van der Waals surface area contributed by atoms with Gasteiger partial charge in [-0.15, -0.1) is 11.3 Å². The number of nitrogens with zero attached hydrogens (tertiary/aromatic N) is 2. The van der Waals surface area contributed by atoms with Gasteiger partial charge < -0.3 is 10.1 Å². The van der Waals surface area contributed by atoms with Crippen LogP contribution in [0, 0.1) is 0 Å². The molecule has 3 aromatic rings. The molecule has 0 fully saturated rings. The van der Waals surface area contributed by atoms with Crippen molar-refractivity contribution in [2.45, 2.75) is 26.3 Å². The van der Waals surface area contributed by atoms with E-state index in [4.69, 9.17) is 9.72 Å². The summed E-state index contributed by atoms with van der Waals surface area (Å²) < 4.78 is 6.87. The van der Waals surface area contributed by atoms with Crippen molar-refractivity contribution in [3.8, 4) is 5.75 Å². The van der Waals surface area contributed by atoms with Crippen LogP contribution in [0.3, 0.4) is 0 Å². The van der Waals surface area contributed by atoms with Crippen LogP contribution in [0.4, 0.5) is 5.69 Å². The van der Waals surface area contributed by atoms with Gasteiger partial charge in [-0.3, -0.25) is 9.69 Å². The highest BCUT2D eigenvalue weighted by Crippen LogP contribution is 2.29. The third-order valence-electron chi connectivity index (χ3n) is 4.34. The van der Waals surface area contributed by atoms with E-state index in [-0.39, 0.29) is 18.5 Å². The Balaban J connectivity index is 1.63. The summed E-state index contributed by atoms with van der Waals surface area (Å²) in [6.45, 7) is 5.03. The number of nitrogens with one attached hydrogen (secondary N) is 1. The summed E-state index contributed by atoms with van der Waals surface area (Å²) in [5.41, 5.74) is 1.71. The number of amides is 1. The second-order valence-electron chi connectivity index (χ2n) is 6.50. The van der Waals surface area contributed by atoms with Gasteiger partial charge in [-0.05, 0) is 44.7 Å². The molecule has 0 aliphatic rings. The molecule has 0 aliphatic carbocycles. The van der Waals surface area contributed by atoms with E-state index in [2.05, 4.69) is 25.2 Å². The number of ether oxygens (including phenoxy) is 1. The summed E-state index contributed by atoms with van der Waals surface area (Å²) in [6.07, 6.45) is 0.921. The van der Waals surface area contributed by atoms with Gasteiger partial charge >= 0.3 is 0 Å². The lowest BCUT2D eigenvalue weighted by atomic mass is 10.2. The highest BCUT2D eigenvalue weighted by molar-refractivity contribution is 7.18. The average Bonchev–Trinajstić information content (AvgIpc) is 3.10. The smallest absolute Gasteiger partial charge is 0.238 e. The summed E-state index contributed by atoms with van der Waals surface area (Å²) >= 11 is 1.67. The molecule has 1 N–H and O–H groups in total. The van der Waals surface area contributed by atoms with Crippen LogP contribution < -0.4 is 10.1 Å². The molecule has 0 bridgehead atoms. The number of carbonyl (C=O) groups excluding carboxylic acids is 1. The molecule has 0 saturated carbocycles. The van der Waals surface area contributed by atoms with Crippen molar-refractivity contribution in [2.24, 2.45) is 0 Å². The lowest BCUT2D eigenvalue weighted by Gasteiger charge is -2.22. The minimum Gasteiger partial charge on any atom is -0.491 e. The van der Waals surface area contributed by atoms with E-state index in [0.29, 0.717) is 18.0 Å². The number of anilines is 1. The van der Waals surface area contributed by atoms with Crippen LogP contribution in [0.25, 0.3) is 10.2 Å². The van der Waals surface area contributed by atoms with E-state index in [1.807, 2.05) is 54.4 Å². The van der Waals surface area contributed by atoms with E-state index >= 15 is 0 Å². The Hall–Kier alpha value is -2.44. The third kappa shape index (κ3) is 4.84. The van der Waals surface area contributed by atoms with Crippen molar-refractivity contribution in [1.82, 2.24) is 9.88 Å². The molecule has 1 atom stereocenters. The van der Waals surface area contributed by atoms with Crippen molar-refractivity contribution in [3.05, 3.63) is 53.5 Å². The Morgan fingerprint density at radius 2 is 1.96 bits per heavy atom. The number of hydrogen-bond acceptors (Lipinski definition) is 5. The molecule has 0 spiro atoms. The van der Waals surface area contributed by atoms with Gasteiger partial charge in [-0.2, -0.15) is 0 Å². The predicted molar refractivity (Wildman–Crippen MR) is 112 cm³/mol. The van der Waals surface area contributed by atoms with E-state index in [0.717, 1.165) is 16.9 Å². The highest BCUT2D eigenvalue weighted by atomic mass is 32.1. The number of carbonyl (C=O) groups is 1. The van der Waals surface area contributed by atoms with Gasteiger partial charge in [0.1, 0.15) is 10.8 Å². The summed E-state index contributed by atoms with van der Waals surface area (Å²) in [7, 11) is 1.94. The van der Waals surface area contributed by atoms with Gasteiger partial charge in [0, 0.05) is 0 Å². The first-order chi connectivity index (χ1) is 13.1. The number of aromatic nitrogens is 1. The first-order valence-corrected chi connectivity index (χ1v) is 9.97. The quantitative estimate of drug-likeness (QED) is 0.612. The van der Waals surface area contributed by atoms with Crippen molar-refractivity contribution < 1.29 is 9.53 Å². The molecule has 1 aromatic heterocycles. The molecule has 2 aromatic carbocycles. The Kier molecular flexibility index (Phi) is 6.42. The van der Waals surface area contributed by atoms with Crippen molar-refractivity contribution in [2.75, 3.05) is 25.5 Å². The monoisotopic (exact) mass is 383 g/mol. The number of fused-ring (bicyclic) bond motifs is 1. The summed E-state index contributed by atoms with van der Waals surface area (Å²) in [6, 6.07) is 15.7. The van der Waals surface area contributed by atoms with Crippen molar-refractivity contribution in [3.63, 3.8) is 0 Å². The highest BCUT2D eigenvalue weighted by Gasteiger charge is 2.19. The van der Waals surface area contributed by atoms with E-state index in [1.165, 1.54) is 4.70 Å². The second kappa shape index (κ2) is 8.97. The van der Waals surface area contributed by atoms with E-state index in [1.54, 1.807) is 11.3 Å². The van der Waals surface area contributed by atoms with Gasteiger partial charge in [0.2, 0.25) is 5.91 Å². The number of benzene rings is 2. The Morgan fingerprint density at radius 3 is 2.74 bits per heavy atom. The maximum Gasteiger partial charge on any atom is 0.238 e. The Morgan fingerprint density at radius 1 is 1.22 bits per heavy atom. The summed E-state index contributed by atoms with van der Waals surface area (Å²) in [5, 5.41) is 3.97. The molecule has 27 heavy (non-hydrogen) atoms. The molecule has 1 heterocycles. The fourth-order valence-electron chi connectivity index (χ4n) is 2.72. The predicted octanol–water partition coefficient (Wildman–Crippen LogP) is 4.72. The van der Waals surface area contributed by atoms with Crippen molar-refractivity contribution in [1.29, 1.82) is 0 Å². The lowest BCUT2D eigenvalue weighted by Crippen LogP contribution is -2.32. The fourth-order valence-corrected chi connectivity index (χ4v) is 3.80. The van der Waals surface area contributed by atoms with Crippen LogP contribution in [-0.2, 0) is 4.79 Å². The minimum absolute atomic E-state index is 0.0553. The molecule has 1 unspecified atom stereocenters. The van der Waals surface area contributed by atoms with Gasteiger partial charge in [-0.25, -0.2) is 4.98 Å². The number of likely N-dealkylation sites (N-methyl/N-ethyl adjacent to an activating group) is 1. The first kappa shape index (κ1) is 19.3. The standard InChI is InChI=1S/C21H25N3O2S/c1-4-13-26-18-11-7-5-9-16(18)22-20(25)14-24(3)15(2)21-23-17-10-6-8-12-19(17)27-21/h5-12,15H,4,13-14H2,1-3H3,(H,22,25). The molecule has 0 aliphatic heterocycles. The molecular formula is C21H25N3O2S. The van der Waals surface area contributed by atoms with E-state index in [9.17, 15) is 4.79 Å². The molecular weight excluding hydrogens is 358 g/mol. The summed E-state index contributed by atoms with van der Waals surface area (Å²) in [4.78, 5) is 19.2. The molecule has 5 nitrogen and oxygen atoms in total. The molecule has 3 rings (SSSR count).